The number of hydrogen-bond donors (Lipinski definition) is 1. The third-order valence-electron chi connectivity index (χ3n) is 4.97. The smallest absolute Gasteiger partial charge is 0.0305 e. The molecule has 0 bridgehead atoms. The van der Waals surface area contributed by atoms with Gasteiger partial charge in [0.2, 0.25) is 0 Å². The van der Waals surface area contributed by atoms with Gasteiger partial charge < -0.3 is 5.32 Å². The molecule has 2 heteroatoms. The molecule has 21 heavy (non-hydrogen) atoms. The van der Waals surface area contributed by atoms with Gasteiger partial charge in [0.1, 0.15) is 0 Å². The number of aromatic nitrogens is 1. The quantitative estimate of drug-likeness (QED) is 0.860. The summed E-state index contributed by atoms with van der Waals surface area (Å²) in [6.45, 7) is 13.9. The summed E-state index contributed by atoms with van der Waals surface area (Å²) in [4.78, 5) is 4.39. The van der Waals surface area contributed by atoms with E-state index < -0.39 is 0 Å². The van der Waals surface area contributed by atoms with E-state index in [2.05, 4.69) is 57.2 Å². The average molecular weight is 288 g/mol. The first-order valence-corrected chi connectivity index (χ1v) is 8.50. The van der Waals surface area contributed by atoms with Crippen LogP contribution in [0, 0.1) is 24.2 Å². The molecule has 2 rings (SSSR count). The Bertz CT molecular complexity index is 451. The van der Waals surface area contributed by atoms with E-state index in [4.69, 9.17) is 0 Å². The van der Waals surface area contributed by atoms with Gasteiger partial charge in [-0.1, -0.05) is 27.7 Å². The fourth-order valence-electron chi connectivity index (χ4n) is 3.67. The number of aryl methyl sites for hydroxylation is 1. The Balaban J connectivity index is 2.12. The Morgan fingerprint density at radius 1 is 1.38 bits per heavy atom. The molecule has 1 N–H and O–H groups in total. The number of pyridine rings is 1. The highest BCUT2D eigenvalue weighted by molar-refractivity contribution is 5.27. The fourth-order valence-corrected chi connectivity index (χ4v) is 3.67. The van der Waals surface area contributed by atoms with E-state index in [0.717, 1.165) is 24.9 Å². The Kier molecular flexibility index (Phi) is 5.43. The second-order valence-corrected chi connectivity index (χ2v) is 8.06. The molecule has 2 atom stereocenters. The lowest BCUT2D eigenvalue weighted by Crippen LogP contribution is -2.36. The van der Waals surface area contributed by atoms with Crippen molar-refractivity contribution in [2.75, 3.05) is 13.1 Å². The van der Waals surface area contributed by atoms with Crippen molar-refractivity contribution in [2.24, 2.45) is 17.3 Å². The number of nitrogens with zero attached hydrogens (tertiary/aromatic N) is 1. The van der Waals surface area contributed by atoms with Crippen molar-refractivity contribution < 1.29 is 0 Å². The summed E-state index contributed by atoms with van der Waals surface area (Å²) in [6, 6.07) is 2.16. The van der Waals surface area contributed by atoms with E-state index in [1.54, 1.807) is 0 Å². The van der Waals surface area contributed by atoms with Gasteiger partial charge in [0, 0.05) is 12.4 Å². The molecule has 0 spiro atoms. The first kappa shape index (κ1) is 16.5. The minimum absolute atomic E-state index is 0.460. The van der Waals surface area contributed by atoms with Crippen LogP contribution in [-0.4, -0.2) is 18.1 Å². The van der Waals surface area contributed by atoms with Crippen LogP contribution in [-0.2, 0) is 0 Å². The molecule has 0 radical (unpaired) electrons. The monoisotopic (exact) mass is 288 g/mol. The van der Waals surface area contributed by atoms with E-state index in [0.29, 0.717) is 11.3 Å². The standard InChI is InChI=1S/C19H32N2/c1-14(2)11-21-12-16-6-8-19(4,5)10-17(16)18-13-20-9-7-15(18)3/h7,9,13-14,16-17,21H,6,8,10-12H2,1-5H3. The molecule has 2 unspecified atom stereocenters. The third-order valence-corrected chi connectivity index (χ3v) is 4.97. The summed E-state index contributed by atoms with van der Waals surface area (Å²) in [7, 11) is 0. The normalized spacial score (nSPS) is 25.2. The molecule has 1 saturated carbocycles. The van der Waals surface area contributed by atoms with Crippen LogP contribution in [0.1, 0.15) is 64.0 Å². The van der Waals surface area contributed by atoms with Crippen LogP contribution in [0.25, 0.3) is 0 Å². The predicted octanol–water partition coefficient (Wildman–Crippen LogP) is 4.55. The molecule has 0 saturated heterocycles. The van der Waals surface area contributed by atoms with Gasteiger partial charge in [-0.2, -0.15) is 0 Å². The molecule has 0 aromatic carbocycles. The lowest BCUT2D eigenvalue weighted by Gasteiger charge is -2.41. The lowest BCUT2D eigenvalue weighted by atomic mass is 9.65. The van der Waals surface area contributed by atoms with E-state index in [1.807, 2.05) is 6.20 Å². The Morgan fingerprint density at radius 2 is 2.14 bits per heavy atom. The Labute approximate surface area is 130 Å². The van der Waals surface area contributed by atoms with Crippen molar-refractivity contribution in [3.8, 4) is 0 Å². The maximum Gasteiger partial charge on any atom is 0.0305 e. The minimum Gasteiger partial charge on any atom is -0.316 e. The molecule has 0 aliphatic heterocycles. The number of nitrogens with one attached hydrogen (secondary N) is 1. The first-order valence-electron chi connectivity index (χ1n) is 8.50. The number of rotatable bonds is 5. The maximum absolute atomic E-state index is 4.39. The van der Waals surface area contributed by atoms with E-state index in [1.165, 1.54) is 30.4 Å². The summed E-state index contributed by atoms with van der Waals surface area (Å²) in [6.07, 6.45) is 7.98. The number of hydrogen-bond acceptors (Lipinski definition) is 2. The van der Waals surface area contributed by atoms with E-state index in [-0.39, 0.29) is 0 Å². The molecule has 0 amide bonds. The largest absolute Gasteiger partial charge is 0.316 e. The van der Waals surface area contributed by atoms with Gasteiger partial charge >= 0.3 is 0 Å². The van der Waals surface area contributed by atoms with Crippen LogP contribution in [0.5, 0.6) is 0 Å². The summed E-state index contributed by atoms with van der Waals surface area (Å²) >= 11 is 0. The summed E-state index contributed by atoms with van der Waals surface area (Å²) in [5.74, 6) is 2.13. The zero-order valence-electron chi connectivity index (χ0n) is 14.4. The average Bonchev–Trinajstić information content (AvgIpc) is 2.40. The van der Waals surface area contributed by atoms with Crippen molar-refractivity contribution in [1.82, 2.24) is 10.3 Å². The van der Waals surface area contributed by atoms with E-state index in [9.17, 15) is 0 Å². The predicted molar refractivity (Wildman–Crippen MR) is 90.5 cm³/mol. The van der Waals surface area contributed by atoms with Gasteiger partial charge in [-0.25, -0.2) is 0 Å². The van der Waals surface area contributed by atoms with Crippen molar-refractivity contribution in [3.63, 3.8) is 0 Å². The summed E-state index contributed by atoms with van der Waals surface area (Å²) < 4.78 is 0. The molecule has 118 valence electrons. The molecule has 1 aromatic heterocycles. The maximum atomic E-state index is 4.39. The first-order chi connectivity index (χ1) is 9.89. The third kappa shape index (κ3) is 4.54. The molecule has 1 aliphatic rings. The highest BCUT2D eigenvalue weighted by Crippen LogP contribution is 2.47. The highest BCUT2D eigenvalue weighted by Gasteiger charge is 2.36. The molecule has 2 nitrogen and oxygen atoms in total. The van der Waals surface area contributed by atoms with Crippen LogP contribution < -0.4 is 5.32 Å². The Morgan fingerprint density at radius 3 is 2.81 bits per heavy atom. The van der Waals surface area contributed by atoms with Crippen molar-refractivity contribution >= 4 is 0 Å². The van der Waals surface area contributed by atoms with Gasteiger partial charge in [-0.15, -0.1) is 0 Å². The molecular weight excluding hydrogens is 256 g/mol. The van der Waals surface area contributed by atoms with Crippen LogP contribution in [0.3, 0.4) is 0 Å². The van der Waals surface area contributed by atoms with Crippen LogP contribution in [0.2, 0.25) is 0 Å². The van der Waals surface area contributed by atoms with Gasteiger partial charge in [0.15, 0.2) is 0 Å². The molecular formula is C19H32N2. The molecule has 1 aliphatic carbocycles. The summed E-state index contributed by atoms with van der Waals surface area (Å²) in [5, 5.41) is 3.68. The van der Waals surface area contributed by atoms with Gasteiger partial charge in [0.05, 0.1) is 0 Å². The van der Waals surface area contributed by atoms with Crippen molar-refractivity contribution in [3.05, 3.63) is 29.6 Å². The van der Waals surface area contributed by atoms with Crippen molar-refractivity contribution in [1.29, 1.82) is 0 Å². The Hall–Kier alpha value is -0.890. The fraction of sp³-hybridized carbons (Fsp3) is 0.737. The SMILES string of the molecule is Cc1ccncc1C1CC(C)(C)CCC1CNCC(C)C. The van der Waals surface area contributed by atoms with Crippen LogP contribution in [0.4, 0.5) is 0 Å². The summed E-state index contributed by atoms with van der Waals surface area (Å²) in [5.41, 5.74) is 3.34. The zero-order valence-corrected chi connectivity index (χ0v) is 14.4. The lowest BCUT2D eigenvalue weighted by molar-refractivity contribution is 0.158. The van der Waals surface area contributed by atoms with Crippen molar-refractivity contribution in [2.45, 2.75) is 59.8 Å². The molecule has 1 aromatic rings. The molecule has 1 heterocycles. The van der Waals surface area contributed by atoms with Gasteiger partial charge in [0.25, 0.3) is 0 Å². The second kappa shape index (κ2) is 6.91. The van der Waals surface area contributed by atoms with Crippen LogP contribution >= 0.6 is 0 Å². The molecule has 1 fully saturated rings. The second-order valence-electron chi connectivity index (χ2n) is 8.06. The van der Waals surface area contributed by atoms with Crippen LogP contribution in [0.15, 0.2) is 18.5 Å². The topological polar surface area (TPSA) is 24.9 Å². The van der Waals surface area contributed by atoms with Gasteiger partial charge in [-0.3, -0.25) is 4.98 Å². The highest BCUT2D eigenvalue weighted by atomic mass is 14.9. The minimum atomic E-state index is 0.460. The zero-order chi connectivity index (χ0) is 15.5. The van der Waals surface area contributed by atoms with Gasteiger partial charge in [-0.05, 0) is 79.6 Å². The van der Waals surface area contributed by atoms with E-state index >= 15 is 0 Å².